The van der Waals surface area contributed by atoms with Crippen LogP contribution in [0.5, 0.6) is 0 Å². The van der Waals surface area contributed by atoms with Crippen molar-refractivity contribution in [2.75, 3.05) is 16.3 Å². The van der Waals surface area contributed by atoms with Gasteiger partial charge in [0.15, 0.2) is 0 Å². The molecule has 1 aliphatic heterocycles. The molecule has 1 atom stereocenters. The molecule has 0 aliphatic carbocycles. The van der Waals surface area contributed by atoms with E-state index in [9.17, 15) is 9.59 Å². The van der Waals surface area contributed by atoms with Gasteiger partial charge in [-0.15, -0.1) is 0 Å². The summed E-state index contributed by atoms with van der Waals surface area (Å²) < 4.78 is 0. The van der Waals surface area contributed by atoms with E-state index in [2.05, 4.69) is 6.07 Å². The Morgan fingerprint density at radius 1 is 1.17 bits per heavy atom. The molecule has 1 aliphatic rings. The number of fused-ring (bicyclic) bond motifs is 1. The van der Waals surface area contributed by atoms with Gasteiger partial charge in [-0.3, -0.25) is 9.59 Å². The average molecular weight is 322 g/mol. The third-order valence-corrected chi connectivity index (χ3v) is 4.46. The minimum Gasteiger partial charge on any atom is -0.307 e. The second kappa shape index (κ2) is 6.48. The first-order valence-electron chi connectivity index (χ1n) is 8.22. The molecule has 4 nitrogen and oxygen atoms in total. The van der Waals surface area contributed by atoms with Crippen LogP contribution in [0.3, 0.4) is 0 Å². The minimum atomic E-state index is -0.130. The number of hydrogen-bond acceptors (Lipinski definition) is 2. The molecular formula is C20H22N2O2. The Hall–Kier alpha value is -2.62. The molecule has 3 rings (SSSR count). The number of amides is 2. The van der Waals surface area contributed by atoms with Crippen molar-refractivity contribution in [1.82, 2.24) is 0 Å². The first-order chi connectivity index (χ1) is 11.5. The van der Waals surface area contributed by atoms with Gasteiger partial charge in [-0.1, -0.05) is 30.3 Å². The van der Waals surface area contributed by atoms with E-state index in [0.29, 0.717) is 0 Å². The van der Waals surface area contributed by atoms with E-state index in [4.69, 9.17) is 0 Å². The summed E-state index contributed by atoms with van der Waals surface area (Å²) in [4.78, 5) is 28.4. The first kappa shape index (κ1) is 16.2. The number of benzene rings is 2. The maximum absolute atomic E-state index is 12.9. The molecule has 0 radical (unpaired) electrons. The molecule has 0 saturated heterocycles. The van der Waals surface area contributed by atoms with Crippen molar-refractivity contribution < 1.29 is 9.59 Å². The van der Waals surface area contributed by atoms with Gasteiger partial charge in [-0.25, -0.2) is 0 Å². The lowest BCUT2D eigenvalue weighted by atomic mass is 10.1. The standard InChI is InChI=1S/C20H22N2O2/c1-14-7-6-9-18(11-14)21(16(3)23)13-20(24)22-15(2)12-17-8-4-5-10-19(17)22/h4-11,15H,12-13H2,1-3H3. The van der Waals surface area contributed by atoms with Crippen molar-refractivity contribution in [3.63, 3.8) is 0 Å². The molecule has 2 aromatic carbocycles. The van der Waals surface area contributed by atoms with E-state index in [0.717, 1.165) is 23.4 Å². The van der Waals surface area contributed by atoms with Crippen molar-refractivity contribution >= 4 is 23.2 Å². The highest BCUT2D eigenvalue weighted by Gasteiger charge is 2.31. The fourth-order valence-electron chi connectivity index (χ4n) is 3.34. The predicted molar refractivity (Wildman–Crippen MR) is 96.3 cm³/mol. The van der Waals surface area contributed by atoms with Gasteiger partial charge >= 0.3 is 0 Å². The molecule has 2 aromatic rings. The average Bonchev–Trinajstić information content (AvgIpc) is 2.88. The fourth-order valence-corrected chi connectivity index (χ4v) is 3.34. The zero-order valence-electron chi connectivity index (χ0n) is 14.3. The molecule has 4 heteroatoms. The number of anilines is 2. The Labute approximate surface area is 142 Å². The van der Waals surface area contributed by atoms with Gasteiger partial charge in [0.1, 0.15) is 6.54 Å². The van der Waals surface area contributed by atoms with Crippen LogP contribution >= 0.6 is 0 Å². The van der Waals surface area contributed by atoms with Crippen molar-refractivity contribution in [3.05, 3.63) is 59.7 Å². The van der Waals surface area contributed by atoms with E-state index < -0.39 is 0 Å². The number of carbonyl (C=O) groups excluding carboxylic acids is 2. The van der Waals surface area contributed by atoms with Crippen LogP contribution in [0.4, 0.5) is 11.4 Å². The summed E-state index contributed by atoms with van der Waals surface area (Å²) in [5, 5.41) is 0. The van der Waals surface area contributed by atoms with Crippen LogP contribution in [0.25, 0.3) is 0 Å². The van der Waals surface area contributed by atoms with E-state index in [1.54, 1.807) is 4.90 Å². The van der Waals surface area contributed by atoms with E-state index >= 15 is 0 Å². The van der Waals surface area contributed by atoms with Crippen LogP contribution in [-0.2, 0) is 16.0 Å². The third-order valence-electron chi connectivity index (χ3n) is 4.46. The number of nitrogens with zero attached hydrogens (tertiary/aromatic N) is 2. The molecular weight excluding hydrogens is 300 g/mol. The number of hydrogen-bond donors (Lipinski definition) is 0. The number of para-hydroxylation sites is 1. The SMILES string of the molecule is CC(=O)N(CC(=O)N1c2ccccc2CC1C)c1cccc(C)c1. The van der Waals surface area contributed by atoms with Crippen LogP contribution in [0.15, 0.2) is 48.5 Å². The lowest BCUT2D eigenvalue weighted by Gasteiger charge is -2.27. The maximum Gasteiger partial charge on any atom is 0.247 e. The summed E-state index contributed by atoms with van der Waals surface area (Å²) in [5.74, 6) is -0.182. The van der Waals surface area contributed by atoms with E-state index in [1.165, 1.54) is 12.5 Å². The Morgan fingerprint density at radius 2 is 1.92 bits per heavy atom. The maximum atomic E-state index is 12.9. The highest BCUT2D eigenvalue weighted by Crippen LogP contribution is 2.32. The number of aryl methyl sites for hydroxylation is 1. The summed E-state index contributed by atoms with van der Waals surface area (Å²) >= 11 is 0. The molecule has 1 heterocycles. The molecule has 0 N–H and O–H groups in total. The first-order valence-corrected chi connectivity index (χ1v) is 8.22. The summed E-state index contributed by atoms with van der Waals surface area (Å²) in [6.07, 6.45) is 0.854. The van der Waals surface area contributed by atoms with Crippen molar-refractivity contribution in [1.29, 1.82) is 0 Å². The molecule has 0 aromatic heterocycles. The quantitative estimate of drug-likeness (QED) is 0.870. The molecule has 0 saturated carbocycles. The largest absolute Gasteiger partial charge is 0.307 e. The van der Waals surface area contributed by atoms with Gasteiger partial charge < -0.3 is 9.80 Å². The van der Waals surface area contributed by atoms with Crippen LogP contribution in [0.1, 0.15) is 25.0 Å². The van der Waals surface area contributed by atoms with Gasteiger partial charge in [-0.2, -0.15) is 0 Å². The summed E-state index contributed by atoms with van der Waals surface area (Å²) in [5.41, 5.74) is 3.97. The summed E-state index contributed by atoms with van der Waals surface area (Å²) in [6.45, 7) is 5.57. The summed E-state index contributed by atoms with van der Waals surface area (Å²) in [7, 11) is 0. The molecule has 0 spiro atoms. The monoisotopic (exact) mass is 322 g/mol. The van der Waals surface area contributed by atoms with Crippen molar-refractivity contribution in [2.24, 2.45) is 0 Å². The Bertz CT molecular complexity index is 785. The molecule has 2 amide bonds. The molecule has 1 unspecified atom stereocenters. The fraction of sp³-hybridized carbons (Fsp3) is 0.300. The lowest BCUT2D eigenvalue weighted by Crippen LogP contribution is -2.44. The van der Waals surface area contributed by atoms with Gasteiger partial charge in [0, 0.05) is 24.3 Å². The molecule has 0 bridgehead atoms. The summed E-state index contributed by atoms with van der Waals surface area (Å²) in [6, 6.07) is 15.8. The van der Waals surface area contributed by atoms with Crippen molar-refractivity contribution in [2.45, 2.75) is 33.2 Å². The zero-order chi connectivity index (χ0) is 17.3. The van der Waals surface area contributed by atoms with Crippen LogP contribution in [0, 0.1) is 6.92 Å². The van der Waals surface area contributed by atoms with Gasteiger partial charge in [0.25, 0.3) is 0 Å². The zero-order valence-corrected chi connectivity index (χ0v) is 14.3. The second-order valence-corrected chi connectivity index (χ2v) is 6.39. The van der Waals surface area contributed by atoms with E-state index in [-0.39, 0.29) is 24.4 Å². The Morgan fingerprint density at radius 3 is 2.62 bits per heavy atom. The van der Waals surface area contributed by atoms with Gasteiger partial charge in [-0.05, 0) is 49.6 Å². The van der Waals surface area contributed by atoms with Gasteiger partial charge in [0.05, 0.1) is 0 Å². The Kier molecular flexibility index (Phi) is 4.38. The van der Waals surface area contributed by atoms with Crippen LogP contribution in [0.2, 0.25) is 0 Å². The third kappa shape index (κ3) is 3.04. The van der Waals surface area contributed by atoms with Gasteiger partial charge in [0.2, 0.25) is 11.8 Å². The topological polar surface area (TPSA) is 40.6 Å². The number of carbonyl (C=O) groups is 2. The highest BCUT2D eigenvalue weighted by atomic mass is 16.2. The normalized spacial score (nSPS) is 16.0. The number of rotatable bonds is 3. The second-order valence-electron chi connectivity index (χ2n) is 6.39. The van der Waals surface area contributed by atoms with Crippen molar-refractivity contribution in [3.8, 4) is 0 Å². The minimum absolute atomic E-state index is 0.0517. The lowest BCUT2D eigenvalue weighted by molar-refractivity contribution is -0.121. The Balaban J connectivity index is 1.86. The van der Waals surface area contributed by atoms with E-state index in [1.807, 2.05) is 61.2 Å². The highest BCUT2D eigenvalue weighted by molar-refractivity contribution is 6.04. The molecule has 24 heavy (non-hydrogen) atoms. The predicted octanol–water partition coefficient (Wildman–Crippen LogP) is 3.33. The molecule has 0 fully saturated rings. The van der Waals surface area contributed by atoms with Crippen LogP contribution < -0.4 is 9.80 Å². The van der Waals surface area contributed by atoms with Crippen LogP contribution in [-0.4, -0.2) is 24.4 Å². The smallest absolute Gasteiger partial charge is 0.247 e. The molecule has 124 valence electrons.